The third-order valence-electron chi connectivity index (χ3n) is 5.07. The van der Waals surface area contributed by atoms with Gasteiger partial charge in [0.25, 0.3) is 0 Å². The fourth-order valence-corrected chi connectivity index (χ4v) is 4.97. The lowest BCUT2D eigenvalue weighted by Crippen LogP contribution is -2.24. The first-order chi connectivity index (χ1) is 15.6. The Hall–Kier alpha value is -3.49. The van der Waals surface area contributed by atoms with Gasteiger partial charge in [0.15, 0.2) is 0 Å². The first kappa shape index (κ1) is 22.7. The minimum atomic E-state index is -4.12. The molecule has 7 nitrogen and oxygen atoms in total. The summed E-state index contributed by atoms with van der Waals surface area (Å²) in [5.74, 6) is -0.427. The van der Waals surface area contributed by atoms with Crippen molar-refractivity contribution in [3.63, 3.8) is 0 Å². The van der Waals surface area contributed by atoms with Crippen molar-refractivity contribution in [2.45, 2.75) is 30.2 Å². The van der Waals surface area contributed by atoms with Gasteiger partial charge in [0.2, 0.25) is 21.2 Å². The number of anilines is 1. The summed E-state index contributed by atoms with van der Waals surface area (Å²) in [5.41, 5.74) is 1.57. The second kappa shape index (κ2) is 8.80. The maximum Gasteiger partial charge on any atom is 0.244 e. The minimum absolute atomic E-state index is 0.000417. The van der Waals surface area contributed by atoms with Crippen molar-refractivity contribution >= 4 is 44.1 Å². The van der Waals surface area contributed by atoms with Gasteiger partial charge in [-0.25, -0.2) is 13.4 Å². The Labute approximate surface area is 195 Å². The number of fused-ring (bicyclic) bond motifs is 1. The number of hydrogen-bond acceptors (Lipinski definition) is 5. The Bertz CT molecular complexity index is 1540. The fraction of sp³-hybridized carbons (Fsp3) is 0.125. The van der Waals surface area contributed by atoms with Crippen LogP contribution in [-0.2, 0) is 21.2 Å². The van der Waals surface area contributed by atoms with Crippen LogP contribution in [0.4, 0.5) is 5.69 Å². The number of nitrogens with zero attached hydrogens (tertiary/aromatic N) is 2. The number of rotatable bonds is 5. The van der Waals surface area contributed by atoms with Crippen molar-refractivity contribution in [1.82, 2.24) is 9.55 Å². The van der Waals surface area contributed by atoms with Gasteiger partial charge in [-0.05, 0) is 56.3 Å². The molecule has 0 unspecified atom stereocenters. The molecule has 1 N–H and O–H groups in total. The van der Waals surface area contributed by atoms with Crippen LogP contribution in [0.3, 0.4) is 0 Å². The highest BCUT2D eigenvalue weighted by Gasteiger charge is 2.24. The smallest absolute Gasteiger partial charge is 0.244 e. The highest BCUT2D eigenvalue weighted by molar-refractivity contribution is 7.91. The number of benzene rings is 2. The molecule has 2 aromatic carbocycles. The summed E-state index contributed by atoms with van der Waals surface area (Å²) in [7, 11) is -4.12. The summed E-state index contributed by atoms with van der Waals surface area (Å²) in [6, 6.07) is 16.1. The van der Waals surface area contributed by atoms with E-state index in [4.69, 9.17) is 11.6 Å². The molecule has 4 aromatic rings. The maximum atomic E-state index is 13.3. The van der Waals surface area contributed by atoms with Crippen LogP contribution >= 0.6 is 11.6 Å². The second-order valence-corrected chi connectivity index (χ2v) is 10.0. The van der Waals surface area contributed by atoms with Gasteiger partial charge < -0.3 is 9.88 Å². The van der Waals surface area contributed by atoms with Crippen molar-refractivity contribution in [2.24, 2.45) is 0 Å². The first-order valence-corrected chi connectivity index (χ1v) is 11.9. The number of aryl methyl sites for hydroxylation is 2. The molecule has 0 aliphatic rings. The van der Waals surface area contributed by atoms with E-state index < -0.39 is 26.1 Å². The Morgan fingerprint density at radius 2 is 1.79 bits per heavy atom. The van der Waals surface area contributed by atoms with E-state index in [1.165, 1.54) is 29.0 Å². The second-order valence-electron chi connectivity index (χ2n) is 7.65. The van der Waals surface area contributed by atoms with Gasteiger partial charge in [-0.2, -0.15) is 0 Å². The van der Waals surface area contributed by atoms with Gasteiger partial charge in [0.05, 0.1) is 10.3 Å². The molecule has 0 bridgehead atoms. The SMILES string of the molecule is Cc1ccc(S(=O)(=O)c2cn(CC(=O)Nc3cccc(Cl)c3)c3nc(C)ccc3c2=O)cc1. The van der Waals surface area contributed by atoms with Crippen LogP contribution in [-0.4, -0.2) is 23.9 Å². The maximum absolute atomic E-state index is 13.3. The van der Waals surface area contributed by atoms with Gasteiger partial charge in [-0.1, -0.05) is 35.4 Å². The standard InChI is InChI=1S/C24H20ClN3O4S/c1-15-6-9-19(10-7-15)33(31,32)21-13-28(24-20(23(21)30)11-8-16(2)26-24)14-22(29)27-18-5-3-4-17(25)12-18/h3-13H,14H2,1-2H3,(H,27,29). The molecule has 2 aromatic heterocycles. The van der Waals surface area contributed by atoms with Gasteiger partial charge >= 0.3 is 0 Å². The van der Waals surface area contributed by atoms with Crippen molar-refractivity contribution in [1.29, 1.82) is 0 Å². The third-order valence-corrected chi connectivity index (χ3v) is 7.07. The van der Waals surface area contributed by atoms with E-state index in [2.05, 4.69) is 10.3 Å². The lowest BCUT2D eigenvalue weighted by molar-refractivity contribution is -0.116. The van der Waals surface area contributed by atoms with Crippen LogP contribution in [0.25, 0.3) is 11.0 Å². The summed E-state index contributed by atoms with van der Waals surface area (Å²) < 4.78 is 28.0. The van der Waals surface area contributed by atoms with E-state index in [9.17, 15) is 18.0 Å². The molecule has 2 heterocycles. The first-order valence-electron chi connectivity index (χ1n) is 10.0. The zero-order valence-corrected chi connectivity index (χ0v) is 19.4. The lowest BCUT2D eigenvalue weighted by atomic mass is 10.2. The van der Waals surface area contributed by atoms with E-state index in [1.807, 2.05) is 6.92 Å². The molecule has 0 atom stereocenters. The van der Waals surface area contributed by atoms with Crippen LogP contribution in [0.1, 0.15) is 11.3 Å². The molecule has 1 amide bonds. The molecule has 9 heteroatoms. The third kappa shape index (κ3) is 4.67. The molecule has 0 aliphatic carbocycles. The van der Waals surface area contributed by atoms with Crippen LogP contribution < -0.4 is 10.7 Å². The summed E-state index contributed by atoms with van der Waals surface area (Å²) in [6.07, 6.45) is 1.18. The fourth-order valence-electron chi connectivity index (χ4n) is 3.41. The minimum Gasteiger partial charge on any atom is -0.324 e. The van der Waals surface area contributed by atoms with Crippen molar-refractivity contribution in [3.8, 4) is 0 Å². The van der Waals surface area contributed by atoms with Gasteiger partial charge in [0.1, 0.15) is 17.1 Å². The number of hydrogen-bond donors (Lipinski definition) is 1. The monoisotopic (exact) mass is 481 g/mol. The molecule has 0 radical (unpaired) electrons. The number of nitrogens with one attached hydrogen (secondary N) is 1. The zero-order valence-electron chi connectivity index (χ0n) is 17.9. The Kier molecular flexibility index (Phi) is 6.05. The van der Waals surface area contributed by atoms with Gasteiger partial charge in [-0.3, -0.25) is 9.59 Å². The van der Waals surface area contributed by atoms with Crippen LogP contribution in [0, 0.1) is 13.8 Å². The molecule has 0 aliphatic heterocycles. The van der Waals surface area contributed by atoms with Crippen LogP contribution in [0.2, 0.25) is 5.02 Å². The van der Waals surface area contributed by atoms with E-state index in [0.717, 1.165) is 5.56 Å². The highest BCUT2D eigenvalue weighted by atomic mass is 35.5. The van der Waals surface area contributed by atoms with E-state index in [-0.39, 0.29) is 22.5 Å². The summed E-state index contributed by atoms with van der Waals surface area (Å²) in [6.45, 7) is 3.33. The number of carbonyl (C=O) groups is 1. The Morgan fingerprint density at radius 3 is 2.48 bits per heavy atom. The van der Waals surface area contributed by atoms with Crippen LogP contribution in [0.15, 0.2) is 81.4 Å². The Balaban J connectivity index is 1.82. The predicted octanol–water partition coefficient (Wildman–Crippen LogP) is 4.14. The molecule has 33 heavy (non-hydrogen) atoms. The molecular formula is C24H20ClN3O4S. The molecule has 168 valence electrons. The molecule has 0 saturated carbocycles. The number of pyridine rings is 2. The number of carbonyl (C=O) groups excluding carboxylic acids is 1. The van der Waals surface area contributed by atoms with E-state index in [1.54, 1.807) is 49.4 Å². The number of halogens is 1. The van der Waals surface area contributed by atoms with Crippen molar-refractivity contribution < 1.29 is 13.2 Å². The number of sulfone groups is 1. The average molecular weight is 482 g/mol. The summed E-state index contributed by atoms with van der Waals surface area (Å²) in [5, 5.41) is 3.30. The highest BCUT2D eigenvalue weighted by Crippen LogP contribution is 2.22. The quantitative estimate of drug-likeness (QED) is 0.462. The van der Waals surface area contributed by atoms with E-state index >= 15 is 0 Å². The topological polar surface area (TPSA) is 98.1 Å². The largest absolute Gasteiger partial charge is 0.324 e. The zero-order chi connectivity index (χ0) is 23.8. The van der Waals surface area contributed by atoms with Gasteiger partial charge in [-0.15, -0.1) is 0 Å². The van der Waals surface area contributed by atoms with E-state index in [0.29, 0.717) is 16.4 Å². The molecule has 0 fully saturated rings. The summed E-state index contributed by atoms with van der Waals surface area (Å²) in [4.78, 5) is 29.9. The summed E-state index contributed by atoms with van der Waals surface area (Å²) >= 11 is 5.97. The average Bonchev–Trinajstić information content (AvgIpc) is 2.75. The molecular weight excluding hydrogens is 462 g/mol. The predicted molar refractivity (Wildman–Crippen MR) is 127 cm³/mol. The number of aromatic nitrogens is 2. The molecule has 0 spiro atoms. The van der Waals surface area contributed by atoms with Crippen molar-refractivity contribution in [3.05, 3.63) is 93.4 Å². The number of amides is 1. The normalized spacial score (nSPS) is 11.5. The van der Waals surface area contributed by atoms with Crippen molar-refractivity contribution in [2.75, 3.05) is 5.32 Å². The van der Waals surface area contributed by atoms with Gasteiger partial charge in [0, 0.05) is 22.6 Å². The van der Waals surface area contributed by atoms with Crippen LogP contribution in [0.5, 0.6) is 0 Å². The lowest BCUT2D eigenvalue weighted by Gasteiger charge is -2.14. The Morgan fingerprint density at radius 1 is 1.06 bits per heavy atom. The molecule has 0 saturated heterocycles. The molecule has 4 rings (SSSR count).